The zero-order chi connectivity index (χ0) is 13.7. The molecule has 6 heteroatoms. The zero-order valence-corrected chi connectivity index (χ0v) is 11.8. The summed E-state index contributed by atoms with van der Waals surface area (Å²) in [7, 11) is 0. The van der Waals surface area contributed by atoms with Crippen LogP contribution in [0, 0.1) is 0 Å². The van der Waals surface area contributed by atoms with Crippen LogP contribution in [0.15, 0.2) is 28.7 Å². The molecule has 18 heavy (non-hydrogen) atoms. The molecule has 3 amide bonds. The highest BCUT2D eigenvalue weighted by Gasteiger charge is 2.16. The molecule has 0 bridgehead atoms. The Bertz CT molecular complexity index is 433. The average Bonchev–Trinajstić information content (AvgIpc) is 2.28. The topological polar surface area (TPSA) is 84.2 Å². The summed E-state index contributed by atoms with van der Waals surface area (Å²) in [4.78, 5) is 22.4. The van der Waals surface area contributed by atoms with Crippen molar-refractivity contribution < 1.29 is 9.59 Å². The number of hydrogen-bond donors (Lipinski definition) is 3. The highest BCUT2D eigenvalue weighted by atomic mass is 79.9. The molecule has 0 aliphatic heterocycles. The minimum Gasteiger partial charge on any atom is -0.352 e. The molecule has 0 heterocycles. The van der Waals surface area contributed by atoms with Crippen molar-refractivity contribution in [2.24, 2.45) is 5.73 Å². The first-order valence-electron chi connectivity index (χ1n) is 5.52. The molecule has 0 saturated heterocycles. The second-order valence-corrected chi connectivity index (χ2v) is 4.93. The highest BCUT2D eigenvalue weighted by Crippen LogP contribution is 2.16. The van der Waals surface area contributed by atoms with Gasteiger partial charge < -0.3 is 16.4 Å². The number of urea groups is 1. The van der Waals surface area contributed by atoms with Crippen molar-refractivity contribution in [3.8, 4) is 0 Å². The van der Waals surface area contributed by atoms with E-state index in [9.17, 15) is 9.59 Å². The lowest BCUT2D eigenvalue weighted by Crippen LogP contribution is -2.47. The highest BCUT2D eigenvalue weighted by molar-refractivity contribution is 9.10. The fraction of sp³-hybridized carbons (Fsp3) is 0.333. The molecule has 0 spiro atoms. The largest absolute Gasteiger partial charge is 0.352 e. The maximum Gasteiger partial charge on any atom is 0.312 e. The fourth-order valence-corrected chi connectivity index (χ4v) is 1.72. The minimum atomic E-state index is -0.714. The maximum absolute atomic E-state index is 11.7. The molecule has 0 fully saturated rings. The van der Waals surface area contributed by atoms with Gasteiger partial charge in [0.2, 0.25) is 5.91 Å². The van der Waals surface area contributed by atoms with Crippen molar-refractivity contribution in [3.05, 3.63) is 34.3 Å². The van der Waals surface area contributed by atoms with Gasteiger partial charge in [0.15, 0.2) is 0 Å². The normalized spacial score (nSPS) is 13.5. The molecule has 1 rings (SSSR count). The Labute approximate surface area is 114 Å². The molecule has 2 atom stereocenters. The lowest BCUT2D eigenvalue weighted by Gasteiger charge is -2.18. The molecular weight excluding hydrogens is 298 g/mol. The van der Waals surface area contributed by atoms with Gasteiger partial charge in [-0.15, -0.1) is 0 Å². The van der Waals surface area contributed by atoms with E-state index in [-0.39, 0.29) is 11.9 Å². The van der Waals surface area contributed by atoms with E-state index in [2.05, 4.69) is 26.6 Å². The van der Waals surface area contributed by atoms with Gasteiger partial charge in [0, 0.05) is 4.47 Å². The van der Waals surface area contributed by atoms with E-state index in [1.165, 1.54) is 0 Å². The van der Waals surface area contributed by atoms with Crippen molar-refractivity contribution >= 4 is 27.9 Å². The number of nitrogens with two attached hydrogens (primary N) is 1. The third-order valence-electron chi connectivity index (χ3n) is 2.48. The van der Waals surface area contributed by atoms with Crippen LogP contribution in [-0.2, 0) is 4.79 Å². The van der Waals surface area contributed by atoms with Crippen LogP contribution in [-0.4, -0.2) is 18.0 Å². The second-order valence-electron chi connectivity index (χ2n) is 4.01. The summed E-state index contributed by atoms with van der Waals surface area (Å²) in [6.45, 7) is 3.45. The summed E-state index contributed by atoms with van der Waals surface area (Å²) in [6.07, 6.45) is 0. The van der Waals surface area contributed by atoms with Gasteiger partial charge >= 0.3 is 6.03 Å². The first-order valence-corrected chi connectivity index (χ1v) is 6.31. The number of hydrogen-bond acceptors (Lipinski definition) is 2. The molecule has 0 aliphatic carbocycles. The minimum absolute atomic E-state index is 0.136. The molecule has 0 aromatic heterocycles. The summed E-state index contributed by atoms with van der Waals surface area (Å²) in [6, 6.07) is 6.14. The molecule has 4 N–H and O–H groups in total. The molecule has 0 aliphatic rings. The van der Waals surface area contributed by atoms with E-state index >= 15 is 0 Å². The van der Waals surface area contributed by atoms with Crippen LogP contribution in [0.5, 0.6) is 0 Å². The second kappa shape index (κ2) is 6.39. The molecule has 1 aromatic carbocycles. The fourth-order valence-electron chi connectivity index (χ4n) is 1.45. The molecular formula is C12H16BrN3O2. The number of nitrogens with one attached hydrogen (secondary N) is 2. The summed E-state index contributed by atoms with van der Waals surface area (Å²) < 4.78 is 0.980. The maximum atomic E-state index is 11.7. The number of primary amides is 1. The van der Waals surface area contributed by atoms with Crippen LogP contribution >= 0.6 is 15.9 Å². The molecule has 0 saturated carbocycles. The number of carbonyl (C=O) groups excluding carboxylic acids is 2. The van der Waals surface area contributed by atoms with Crippen molar-refractivity contribution in [1.82, 2.24) is 10.6 Å². The lowest BCUT2D eigenvalue weighted by molar-refractivity contribution is -0.123. The van der Waals surface area contributed by atoms with E-state index in [1.54, 1.807) is 6.92 Å². The van der Waals surface area contributed by atoms with Gasteiger partial charge in [0.05, 0.1) is 6.04 Å². The third kappa shape index (κ3) is 4.37. The van der Waals surface area contributed by atoms with Crippen molar-refractivity contribution in [2.45, 2.75) is 25.9 Å². The predicted octanol–water partition coefficient (Wildman–Crippen LogP) is 1.68. The Hall–Kier alpha value is -1.56. The quantitative estimate of drug-likeness (QED) is 0.790. The Kier molecular flexibility index (Phi) is 5.15. The molecule has 5 nitrogen and oxygen atoms in total. The van der Waals surface area contributed by atoms with Crippen LogP contribution in [0.1, 0.15) is 25.5 Å². The van der Waals surface area contributed by atoms with Gasteiger partial charge in [-0.25, -0.2) is 4.79 Å². The SMILES string of the molecule is CC(NC(N)=O)C(=O)NC(C)c1ccc(Br)cc1. The van der Waals surface area contributed by atoms with Gasteiger partial charge in [-0.1, -0.05) is 28.1 Å². The van der Waals surface area contributed by atoms with Gasteiger partial charge in [-0.3, -0.25) is 4.79 Å². The summed E-state index contributed by atoms with van der Waals surface area (Å²) in [5, 5.41) is 5.12. The molecule has 2 unspecified atom stereocenters. The van der Waals surface area contributed by atoms with E-state index in [4.69, 9.17) is 5.73 Å². The van der Waals surface area contributed by atoms with Crippen LogP contribution in [0.3, 0.4) is 0 Å². The molecule has 0 radical (unpaired) electrons. The van der Waals surface area contributed by atoms with Gasteiger partial charge in [-0.05, 0) is 31.5 Å². The number of carbonyl (C=O) groups is 2. The molecule has 1 aromatic rings. The van der Waals surface area contributed by atoms with E-state index in [1.807, 2.05) is 31.2 Å². The zero-order valence-electron chi connectivity index (χ0n) is 10.2. The summed E-state index contributed by atoms with van der Waals surface area (Å²) in [5.74, 6) is -0.274. The smallest absolute Gasteiger partial charge is 0.312 e. The van der Waals surface area contributed by atoms with E-state index in [0.29, 0.717) is 0 Å². The standard InChI is InChI=1S/C12H16BrN3O2/c1-7(9-3-5-10(13)6-4-9)15-11(17)8(2)16-12(14)18/h3-8H,1-2H3,(H,15,17)(H3,14,16,18). The third-order valence-corrected chi connectivity index (χ3v) is 3.01. The van der Waals surface area contributed by atoms with Crippen LogP contribution in [0.25, 0.3) is 0 Å². The Morgan fingerprint density at radius 1 is 1.17 bits per heavy atom. The van der Waals surface area contributed by atoms with Gasteiger partial charge in [-0.2, -0.15) is 0 Å². The number of amides is 3. The van der Waals surface area contributed by atoms with Crippen LogP contribution in [0.4, 0.5) is 4.79 Å². The number of halogens is 1. The van der Waals surface area contributed by atoms with Crippen molar-refractivity contribution in [3.63, 3.8) is 0 Å². The Morgan fingerprint density at radius 2 is 1.72 bits per heavy atom. The monoisotopic (exact) mass is 313 g/mol. The van der Waals surface area contributed by atoms with Crippen molar-refractivity contribution in [1.29, 1.82) is 0 Å². The molecule has 98 valence electrons. The lowest BCUT2D eigenvalue weighted by atomic mass is 10.1. The van der Waals surface area contributed by atoms with Crippen LogP contribution in [0.2, 0.25) is 0 Å². The Balaban J connectivity index is 2.59. The number of rotatable bonds is 4. The van der Waals surface area contributed by atoms with Gasteiger partial charge in [0.1, 0.15) is 6.04 Å². The Morgan fingerprint density at radius 3 is 2.22 bits per heavy atom. The van der Waals surface area contributed by atoms with E-state index in [0.717, 1.165) is 10.0 Å². The van der Waals surface area contributed by atoms with Crippen molar-refractivity contribution in [2.75, 3.05) is 0 Å². The van der Waals surface area contributed by atoms with E-state index < -0.39 is 12.1 Å². The average molecular weight is 314 g/mol. The first-order chi connectivity index (χ1) is 8.40. The summed E-state index contributed by atoms with van der Waals surface area (Å²) in [5.41, 5.74) is 5.94. The number of benzene rings is 1. The van der Waals surface area contributed by atoms with Crippen LogP contribution < -0.4 is 16.4 Å². The first kappa shape index (κ1) is 14.5. The van der Waals surface area contributed by atoms with Gasteiger partial charge in [0.25, 0.3) is 0 Å². The summed E-state index contributed by atoms with van der Waals surface area (Å²) >= 11 is 3.35. The predicted molar refractivity (Wildman–Crippen MR) is 72.9 cm³/mol.